The molecule has 0 spiro atoms. The first-order chi connectivity index (χ1) is 11.5. The van der Waals surface area contributed by atoms with E-state index < -0.39 is 20.0 Å². The first-order valence-electron chi connectivity index (χ1n) is 7.29. The lowest BCUT2D eigenvalue weighted by Gasteiger charge is -2.14. The molecule has 0 bridgehead atoms. The van der Waals surface area contributed by atoms with E-state index in [4.69, 9.17) is 11.6 Å². The molecule has 0 aliphatic rings. The number of sulfonamides is 2. The quantitative estimate of drug-likeness (QED) is 0.805. The molecule has 2 aromatic carbocycles. The molecular formula is C16H19ClN2O4S2. The number of nitrogens with one attached hydrogen (secondary N) is 1. The van der Waals surface area contributed by atoms with E-state index in [-0.39, 0.29) is 21.4 Å². The number of nitrogens with zero attached hydrogens (tertiary/aromatic N) is 1. The van der Waals surface area contributed by atoms with Gasteiger partial charge in [0.2, 0.25) is 20.0 Å². The molecule has 0 saturated carbocycles. The largest absolute Gasteiger partial charge is 0.282 e. The number of hydrogen-bond acceptors (Lipinski definition) is 4. The van der Waals surface area contributed by atoms with Crippen LogP contribution in [0.5, 0.6) is 0 Å². The molecule has 0 heterocycles. The number of aryl methyl sites for hydroxylation is 1. The molecule has 25 heavy (non-hydrogen) atoms. The molecule has 0 fully saturated rings. The molecule has 0 aromatic heterocycles. The maximum Gasteiger partial charge on any atom is 0.242 e. The third-order valence-corrected chi connectivity index (χ3v) is 6.81. The molecule has 0 atom stereocenters. The standard InChI is InChI=1S/C16H19ClN2O4S2/c1-12-5-4-6-13(9-12)11-24(20,21)18-16-10-14(7-8-15(16)17)25(22,23)19(2)3/h4-10,18H,11H2,1-3H3. The number of benzene rings is 2. The summed E-state index contributed by atoms with van der Waals surface area (Å²) in [5.74, 6) is -0.240. The third kappa shape index (κ3) is 4.94. The molecule has 0 aliphatic carbocycles. The van der Waals surface area contributed by atoms with Gasteiger partial charge in [-0.1, -0.05) is 41.4 Å². The predicted octanol–water partition coefficient (Wildman–Crippen LogP) is 2.84. The zero-order valence-corrected chi connectivity index (χ0v) is 16.4. The van der Waals surface area contributed by atoms with Crippen LogP contribution in [0.2, 0.25) is 5.02 Å². The topological polar surface area (TPSA) is 83.5 Å². The van der Waals surface area contributed by atoms with Crippen LogP contribution in [0, 0.1) is 6.92 Å². The molecule has 0 radical (unpaired) electrons. The van der Waals surface area contributed by atoms with Crippen molar-refractivity contribution >= 4 is 37.3 Å². The SMILES string of the molecule is Cc1cccc(CS(=O)(=O)Nc2cc(S(=O)(=O)N(C)C)ccc2Cl)c1. The van der Waals surface area contributed by atoms with Crippen molar-refractivity contribution in [3.8, 4) is 0 Å². The van der Waals surface area contributed by atoms with Gasteiger partial charge in [0.15, 0.2) is 0 Å². The van der Waals surface area contributed by atoms with E-state index in [1.165, 1.54) is 32.3 Å². The van der Waals surface area contributed by atoms with Gasteiger partial charge in [-0.3, -0.25) is 4.72 Å². The van der Waals surface area contributed by atoms with Crippen LogP contribution in [0.25, 0.3) is 0 Å². The van der Waals surface area contributed by atoms with Crippen molar-refractivity contribution in [1.29, 1.82) is 0 Å². The minimum absolute atomic E-state index is 0.0252. The van der Waals surface area contributed by atoms with Crippen LogP contribution in [0.4, 0.5) is 5.69 Å². The predicted molar refractivity (Wildman–Crippen MR) is 99.8 cm³/mol. The van der Waals surface area contributed by atoms with Crippen molar-refractivity contribution in [2.45, 2.75) is 17.6 Å². The molecule has 2 aromatic rings. The van der Waals surface area contributed by atoms with E-state index in [0.717, 1.165) is 9.87 Å². The van der Waals surface area contributed by atoms with Gasteiger partial charge in [0, 0.05) is 14.1 Å². The summed E-state index contributed by atoms with van der Waals surface area (Å²) in [5, 5.41) is 0.116. The van der Waals surface area contributed by atoms with E-state index in [0.29, 0.717) is 5.56 Å². The molecule has 1 N–H and O–H groups in total. The lowest BCUT2D eigenvalue weighted by Crippen LogP contribution is -2.22. The van der Waals surface area contributed by atoms with Crippen LogP contribution < -0.4 is 4.72 Å². The Hall–Kier alpha value is -1.61. The van der Waals surface area contributed by atoms with Crippen LogP contribution in [-0.2, 0) is 25.8 Å². The Morgan fingerprint density at radius 1 is 1.04 bits per heavy atom. The van der Waals surface area contributed by atoms with Gasteiger partial charge in [0.1, 0.15) is 0 Å². The second-order valence-corrected chi connectivity index (χ2v) is 10.1. The highest BCUT2D eigenvalue weighted by molar-refractivity contribution is 7.92. The maximum atomic E-state index is 12.4. The van der Waals surface area contributed by atoms with Crippen LogP contribution in [0.15, 0.2) is 47.4 Å². The van der Waals surface area contributed by atoms with Crippen molar-refractivity contribution in [2.75, 3.05) is 18.8 Å². The van der Waals surface area contributed by atoms with Gasteiger partial charge in [0.25, 0.3) is 0 Å². The van der Waals surface area contributed by atoms with E-state index in [1.54, 1.807) is 18.2 Å². The summed E-state index contributed by atoms with van der Waals surface area (Å²) < 4.78 is 52.6. The van der Waals surface area contributed by atoms with Gasteiger partial charge in [-0.05, 0) is 30.7 Å². The zero-order valence-electron chi connectivity index (χ0n) is 14.0. The second-order valence-electron chi connectivity index (χ2n) is 5.78. The normalized spacial score (nSPS) is 12.4. The van der Waals surface area contributed by atoms with Gasteiger partial charge in [0.05, 0.1) is 21.4 Å². The van der Waals surface area contributed by atoms with Gasteiger partial charge >= 0.3 is 0 Å². The highest BCUT2D eigenvalue weighted by Crippen LogP contribution is 2.27. The van der Waals surface area contributed by atoms with Crippen molar-refractivity contribution in [3.63, 3.8) is 0 Å². The summed E-state index contributed by atoms with van der Waals surface area (Å²) in [7, 11) is -4.66. The summed E-state index contributed by atoms with van der Waals surface area (Å²) in [6, 6.07) is 11.0. The second kappa shape index (κ2) is 7.33. The lowest BCUT2D eigenvalue weighted by molar-refractivity contribution is 0.521. The van der Waals surface area contributed by atoms with Crippen LogP contribution in [0.3, 0.4) is 0 Å². The van der Waals surface area contributed by atoms with Gasteiger partial charge in [-0.2, -0.15) is 0 Å². The molecule has 0 saturated heterocycles. The Morgan fingerprint density at radius 2 is 1.72 bits per heavy atom. The number of hydrogen-bond donors (Lipinski definition) is 1. The van der Waals surface area contributed by atoms with Crippen molar-refractivity contribution in [3.05, 3.63) is 58.6 Å². The van der Waals surface area contributed by atoms with Gasteiger partial charge in [-0.15, -0.1) is 0 Å². The highest BCUT2D eigenvalue weighted by atomic mass is 35.5. The van der Waals surface area contributed by atoms with E-state index in [2.05, 4.69) is 4.72 Å². The minimum atomic E-state index is -3.75. The van der Waals surface area contributed by atoms with Crippen molar-refractivity contribution < 1.29 is 16.8 Å². The third-order valence-electron chi connectivity index (χ3n) is 3.42. The number of rotatable bonds is 6. The lowest BCUT2D eigenvalue weighted by atomic mass is 10.2. The number of halogens is 1. The monoisotopic (exact) mass is 402 g/mol. The summed E-state index contributed by atoms with van der Waals surface area (Å²) >= 11 is 6.02. The van der Waals surface area contributed by atoms with E-state index >= 15 is 0 Å². The molecule has 0 amide bonds. The molecule has 136 valence electrons. The average Bonchev–Trinajstić information content (AvgIpc) is 2.48. The smallest absolute Gasteiger partial charge is 0.242 e. The highest BCUT2D eigenvalue weighted by Gasteiger charge is 2.20. The van der Waals surface area contributed by atoms with Crippen LogP contribution >= 0.6 is 11.6 Å². The summed E-state index contributed by atoms with van der Waals surface area (Å²) in [6.45, 7) is 1.87. The van der Waals surface area contributed by atoms with Gasteiger partial charge in [-0.25, -0.2) is 21.1 Å². The van der Waals surface area contributed by atoms with Crippen LogP contribution in [0.1, 0.15) is 11.1 Å². The average molecular weight is 403 g/mol. The zero-order chi connectivity index (χ0) is 18.8. The molecule has 2 rings (SSSR count). The van der Waals surface area contributed by atoms with E-state index in [9.17, 15) is 16.8 Å². The summed E-state index contributed by atoms with van der Waals surface area (Å²) in [5.41, 5.74) is 1.60. The van der Waals surface area contributed by atoms with Crippen molar-refractivity contribution in [2.24, 2.45) is 0 Å². The first kappa shape index (κ1) is 19.7. The van der Waals surface area contributed by atoms with Crippen molar-refractivity contribution in [1.82, 2.24) is 4.31 Å². The molecule has 0 aliphatic heterocycles. The molecule has 0 unspecified atom stereocenters. The Balaban J connectivity index is 2.33. The fourth-order valence-corrected chi connectivity index (χ4v) is 4.52. The molecular weight excluding hydrogens is 384 g/mol. The Labute approximate surface area is 153 Å². The Kier molecular flexibility index (Phi) is 5.78. The fourth-order valence-electron chi connectivity index (χ4n) is 2.18. The Bertz CT molecular complexity index is 987. The van der Waals surface area contributed by atoms with E-state index in [1.807, 2.05) is 13.0 Å². The first-order valence-corrected chi connectivity index (χ1v) is 10.8. The van der Waals surface area contributed by atoms with Crippen LogP contribution in [-0.4, -0.2) is 35.2 Å². The molecule has 6 nitrogen and oxygen atoms in total. The minimum Gasteiger partial charge on any atom is -0.282 e. The summed E-state index contributed by atoms with van der Waals surface area (Å²) in [4.78, 5) is -0.0462. The van der Waals surface area contributed by atoms with Gasteiger partial charge < -0.3 is 0 Å². The molecule has 9 heteroatoms. The fraction of sp³-hybridized carbons (Fsp3) is 0.250. The maximum absolute atomic E-state index is 12.4. The number of anilines is 1. The summed E-state index contributed by atoms with van der Waals surface area (Å²) in [6.07, 6.45) is 0. The Morgan fingerprint density at radius 3 is 2.32 bits per heavy atom.